The number of nitrogens with one attached hydrogen (secondary N) is 1. The van der Waals surface area contributed by atoms with Gasteiger partial charge in [0, 0.05) is 12.6 Å². The molecular formula is C13H26N2. The molecule has 0 amide bonds. The maximum atomic E-state index is 3.58. The fourth-order valence-electron chi connectivity index (χ4n) is 2.96. The Labute approximate surface area is 94.4 Å². The minimum absolute atomic E-state index is 0.831. The number of rotatable bonds is 1. The van der Waals surface area contributed by atoms with Crippen molar-refractivity contribution in [1.82, 2.24) is 10.2 Å². The van der Waals surface area contributed by atoms with Crippen LogP contribution in [-0.2, 0) is 0 Å². The SMILES string of the molecule is CC1CCCN(C2CCCCNC2)CC1. The third-order valence-corrected chi connectivity index (χ3v) is 4.09. The molecular weight excluding hydrogens is 184 g/mol. The molecule has 0 radical (unpaired) electrons. The second kappa shape index (κ2) is 5.86. The van der Waals surface area contributed by atoms with Crippen LogP contribution in [0.15, 0.2) is 0 Å². The van der Waals surface area contributed by atoms with E-state index in [-0.39, 0.29) is 0 Å². The standard InChI is InChI=1S/C13H26N2/c1-12-5-4-9-15(10-7-12)13-6-2-3-8-14-11-13/h12-14H,2-11H2,1H3. The van der Waals surface area contributed by atoms with Crippen molar-refractivity contribution >= 4 is 0 Å². The van der Waals surface area contributed by atoms with Gasteiger partial charge in [-0.05, 0) is 57.7 Å². The largest absolute Gasteiger partial charge is 0.315 e. The summed E-state index contributed by atoms with van der Waals surface area (Å²) in [5.41, 5.74) is 0. The predicted octanol–water partition coefficient (Wildman–Crippen LogP) is 2.25. The molecule has 2 aliphatic heterocycles. The van der Waals surface area contributed by atoms with Crippen molar-refractivity contribution in [2.75, 3.05) is 26.2 Å². The smallest absolute Gasteiger partial charge is 0.0220 e. The zero-order chi connectivity index (χ0) is 10.5. The van der Waals surface area contributed by atoms with Gasteiger partial charge in [-0.3, -0.25) is 4.90 Å². The van der Waals surface area contributed by atoms with E-state index in [1.54, 1.807) is 0 Å². The van der Waals surface area contributed by atoms with E-state index in [4.69, 9.17) is 0 Å². The van der Waals surface area contributed by atoms with Gasteiger partial charge in [-0.1, -0.05) is 13.3 Å². The summed E-state index contributed by atoms with van der Waals surface area (Å²) in [5.74, 6) is 0.953. The summed E-state index contributed by atoms with van der Waals surface area (Å²) in [6.45, 7) is 7.56. The van der Waals surface area contributed by atoms with E-state index in [2.05, 4.69) is 17.1 Å². The third kappa shape index (κ3) is 3.46. The van der Waals surface area contributed by atoms with Crippen LogP contribution >= 0.6 is 0 Å². The van der Waals surface area contributed by atoms with E-state index in [1.165, 1.54) is 64.7 Å². The van der Waals surface area contributed by atoms with E-state index < -0.39 is 0 Å². The van der Waals surface area contributed by atoms with Gasteiger partial charge in [0.25, 0.3) is 0 Å². The number of likely N-dealkylation sites (tertiary alicyclic amines) is 1. The van der Waals surface area contributed by atoms with Crippen molar-refractivity contribution < 1.29 is 0 Å². The first kappa shape index (κ1) is 11.4. The Morgan fingerprint density at radius 3 is 2.87 bits per heavy atom. The molecule has 2 aliphatic rings. The van der Waals surface area contributed by atoms with Crippen LogP contribution in [0, 0.1) is 5.92 Å². The van der Waals surface area contributed by atoms with Crippen molar-refractivity contribution in [3.8, 4) is 0 Å². The average Bonchev–Trinajstić information content (AvgIpc) is 2.59. The normalized spacial score (nSPS) is 35.8. The summed E-state index contributed by atoms with van der Waals surface area (Å²) in [7, 11) is 0. The molecule has 0 spiro atoms. The molecule has 2 rings (SSSR count). The van der Waals surface area contributed by atoms with E-state index in [9.17, 15) is 0 Å². The number of nitrogens with zero attached hydrogens (tertiary/aromatic N) is 1. The van der Waals surface area contributed by atoms with E-state index in [0.29, 0.717) is 0 Å². The van der Waals surface area contributed by atoms with Crippen molar-refractivity contribution in [2.24, 2.45) is 5.92 Å². The van der Waals surface area contributed by atoms with Crippen LogP contribution in [-0.4, -0.2) is 37.1 Å². The fraction of sp³-hybridized carbons (Fsp3) is 1.00. The molecule has 2 fully saturated rings. The molecule has 0 aromatic heterocycles. The Hall–Kier alpha value is -0.0800. The average molecular weight is 210 g/mol. The van der Waals surface area contributed by atoms with Gasteiger partial charge in [-0.25, -0.2) is 0 Å². The Kier molecular flexibility index (Phi) is 4.45. The summed E-state index contributed by atoms with van der Waals surface area (Å²) < 4.78 is 0. The van der Waals surface area contributed by atoms with Crippen LogP contribution < -0.4 is 5.32 Å². The quantitative estimate of drug-likeness (QED) is 0.714. The Morgan fingerprint density at radius 1 is 1.00 bits per heavy atom. The molecule has 88 valence electrons. The van der Waals surface area contributed by atoms with Gasteiger partial charge in [0.2, 0.25) is 0 Å². The van der Waals surface area contributed by atoms with E-state index >= 15 is 0 Å². The molecule has 2 nitrogen and oxygen atoms in total. The molecule has 2 heterocycles. The molecule has 2 atom stereocenters. The Morgan fingerprint density at radius 2 is 1.93 bits per heavy atom. The van der Waals surface area contributed by atoms with E-state index in [1.807, 2.05) is 0 Å². The highest BCUT2D eigenvalue weighted by molar-refractivity contribution is 4.79. The molecule has 2 heteroatoms. The molecule has 0 aromatic carbocycles. The third-order valence-electron chi connectivity index (χ3n) is 4.09. The van der Waals surface area contributed by atoms with Crippen molar-refractivity contribution in [3.63, 3.8) is 0 Å². The molecule has 15 heavy (non-hydrogen) atoms. The summed E-state index contributed by atoms with van der Waals surface area (Å²) >= 11 is 0. The first-order valence-electron chi connectivity index (χ1n) is 6.81. The summed E-state index contributed by atoms with van der Waals surface area (Å²) in [5, 5.41) is 3.58. The highest BCUT2D eigenvalue weighted by atomic mass is 15.2. The highest BCUT2D eigenvalue weighted by Crippen LogP contribution is 2.20. The van der Waals surface area contributed by atoms with Crippen molar-refractivity contribution in [2.45, 2.75) is 51.5 Å². The Balaban J connectivity index is 1.84. The zero-order valence-electron chi connectivity index (χ0n) is 10.2. The van der Waals surface area contributed by atoms with Crippen LogP contribution in [0.1, 0.15) is 45.4 Å². The number of hydrogen-bond donors (Lipinski definition) is 1. The van der Waals surface area contributed by atoms with Crippen LogP contribution in [0.4, 0.5) is 0 Å². The lowest BCUT2D eigenvalue weighted by Gasteiger charge is -2.29. The van der Waals surface area contributed by atoms with Crippen LogP contribution in [0.5, 0.6) is 0 Å². The first-order valence-corrected chi connectivity index (χ1v) is 6.81. The molecule has 0 bridgehead atoms. The predicted molar refractivity (Wildman–Crippen MR) is 65.1 cm³/mol. The van der Waals surface area contributed by atoms with Gasteiger partial charge >= 0.3 is 0 Å². The fourth-order valence-corrected chi connectivity index (χ4v) is 2.96. The second-order valence-electron chi connectivity index (χ2n) is 5.43. The zero-order valence-corrected chi connectivity index (χ0v) is 10.2. The van der Waals surface area contributed by atoms with Gasteiger partial charge in [0.15, 0.2) is 0 Å². The van der Waals surface area contributed by atoms with Crippen LogP contribution in [0.2, 0.25) is 0 Å². The molecule has 0 aliphatic carbocycles. The lowest BCUT2D eigenvalue weighted by molar-refractivity contribution is 0.192. The summed E-state index contributed by atoms with van der Waals surface area (Å²) in [4.78, 5) is 2.75. The molecule has 1 N–H and O–H groups in total. The van der Waals surface area contributed by atoms with Crippen LogP contribution in [0.25, 0.3) is 0 Å². The van der Waals surface area contributed by atoms with E-state index in [0.717, 1.165) is 12.0 Å². The van der Waals surface area contributed by atoms with Crippen molar-refractivity contribution in [1.29, 1.82) is 0 Å². The molecule has 0 aromatic rings. The Bertz CT molecular complexity index is 173. The maximum Gasteiger partial charge on any atom is 0.0220 e. The molecule has 2 unspecified atom stereocenters. The second-order valence-corrected chi connectivity index (χ2v) is 5.43. The highest BCUT2D eigenvalue weighted by Gasteiger charge is 2.22. The van der Waals surface area contributed by atoms with Crippen LogP contribution in [0.3, 0.4) is 0 Å². The van der Waals surface area contributed by atoms with Gasteiger partial charge in [-0.15, -0.1) is 0 Å². The van der Waals surface area contributed by atoms with Crippen molar-refractivity contribution in [3.05, 3.63) is 0 Å². The summed E-state index contributed by atoms with van der Waals surface area (Å²) in [6.07, 6.45) is 8.48. The maximum absolute atomic E-state index is 3.58. The topological polar surface area (TPSA) is 15.3 Å². The van der Waals surface area contributed by atoms with Gasteiger partial charge in [-0.2, -0.15) is 0 Å². The minimum Gasteiger partial charge on any atom is -0.315 e. The lowest BCUT2D eigenvalue weighted by Crippen LogP contribution is -2.41. The molecule has 2 saturated heterocycles. The monoisotopic (exact) mass is 210 g/mol. The minimum atomic E-state index is 0.831. The first-order chi connectivity index (χ1) is 7.36. The summed E-state index contributed by atoms with van der Waals surface area (Å²) in [6, 6.07) is 0.831. The number of hydrogen-bond acceptors (Lipinski definition) is 2. The van der Waals surface area contributed by atoms with Gasteiger partial charge in [0.1, 0.15) is 0 Å². The molecule has 0 saturated carbocycles. The van der Waals surface area contributed by atoms with Gasteiger partial charge < -0.3 is 5.32 Å². The lowest BCUT2D eigenvalue weighted by atomic mass is 10.0. The van der Waals surface area contributed by atoms with Gasteiger partial charge in [0.05, 0.1) is 0 Å².